The lowest BCUT2D eigenvalue weighted by molar-refractivity contribution is 0.336. The molecule has 20 heavy (non-hydrogen) atoms. The maximum absolute atomic E-state index is 11.7. The quantitative estimate of drug-likeness (QED) is 0.745. The average Bonchev–Trinajstić information content (AvgIpc) is 2.27. The van der Waals surface area contributed by atoms with Crippen LogP contribution in [0.5, 0.6) is 5.75 Å². The van der Waals surface area contributed by atoms with E-state index in [4.69, 9.17) is 10.5 Å². The van der Waals surface area contributed by atoms with Gasteiger partial charge in [-0.25, -0.2) is 16.8 Å². The first kappa shape index (κ1) is 16.7. The van der Waals surface area contributed by atoms with E-state index in [1.165, 1.54) is 12.1 Å². The van der Waals surface area contributed by atoms with Crippen LogP contribution in [0, 0.1) is 0 Å². The van der Waals surface area contributed by atoms with Crippen molar-refractivity contribution in [3.8, 4) is 5.75 Å². The van der Waals surface area contributed by atoms with Crippen molar-refractivity contribution in [3.05, 3.63) is 23.8 Å². The van der Waals surface area contributed by atoms with Gasteiger partial charge in [0.05, 0.1) is 6.61 Å². The molecule has 0 fully saturated rings. The second kappa shape index (κ2) is 6.42. The molecule has 114 valence electrons. The van der Waals surface area contributed by atoms with Crippen molar-refractivity contribution in [3.63, 3.8) is 0 Å². The van der Waals surface area contributed by atoms with Gasteiger partial charge in [-0.15, -0.1) is 0 Å². The second-order valence-corrected chi connectivity index (χ2v) is 8.45. The molecular formula is C11H18N2O5S2. The molecule has 1 rings (SSSR count). The van der Waals surface area contributed by atoms with E-state index < -0.39 is 24.9 Å². The van der Waals surface area contributed by atoms with Crippen molar-refractivity contribution in [2.24, 2.45) is 5.73 Å². The average molecular weight is 322 g/mol. The summed E-state index contributed by atoms with van der Waals surface area (Å²) in [5.41, 5.74) is 6.44. The number of hydrogen-bond donors (Lipinski definition) is 2. The number of sulfonamides is 1. The Morgan fingerprint density at radius 3 is 2.40 bits per heavy atom. The molecule has 0 saturated heterocycles. The number of hydrogen-bond acceptors (Lipinski definition) is 6. The van der Waals surface area contributed by atoms with E-state index in [1.54, 1.807) is 6.07 Å². The largest absolute Gasteiger partial charge is 0.494 e. The minimum Gasteiger partial charge on any atom is -0.494 e. The lowest BCUT2D eigenvalue weighted by Crippen LogP contribution is -2.22. The van der Waals surface area contributed by atoms with Gasteiger partial charge in [-0.05, 0) is 25.1 Å². The molecule has 3 N–H and O–H groups in total. The fourth-order valence-electron chi connectivity index (χ4n) is 1.59. The fraction of sp³-hybridized carbons (Fsp3) is 0.455. The highest BCUT2D eigenvalue weighted by atomic mass is 32.3. The molecule has 0 aliphatic rings. The SMILES string of the molecule is CCOc1ccc(NS(=O)(=O)CS(C)(=O)=O)cc1CN. The van der Waals surface area contributed by atoms with Crippen LogP contribution in [0.4, 0.5) is 5.69 Å². The van der Waals surface area contributed by atoms with E-state index in [2.05, 4.69) is 4.72 Å². The number of nitrogens with two attached hydrogens (primary N) is 1. The van der Waals surface area contributed by atoms with Crippen LogP contribution in [-0.2, 0) is 26.4 Å². The van der Waals surface area contributed by atoms with Crippen molar-refractivity contribution >= 4 is 25.5 Å². The molecular weight excluding hydrogens is 304 g/mol. The van der Waals surface area contributed by atoms with Crippen molar-refractivity contribution in [1.29, 1.82) is 0 Å². The number of ether oxygens (including phenoxy) is 1. The van der Waals surface area contributed by atoms with E-state index in [0.29, 0.717) is 17.9 Å². The Morgan fingerprint density at radius 1 is 1.25 bits per heavy atom. The second-order valence-electron chi connectivity index (χ2n) is 4.22. The zero-order valence-electron chi connectivity index (χ0n) is 11.3. The van der Waals surface area contributed by atoms with Gasteiger partial charge < -0.3 is 10.5 Å². The summed E-state index contributed by atoms with van der Waals surface area (Å²) in [6.07, 6.45) is 0.857. The molecule has 0 amide bonds. The van der Waals surface area contributed by atoms with Crippen LogP contribution < -0.4 is 15.2 Å². The lowest BCUT2D eigenvalue weighted by Gasteiger charge is -2.12. The molecule has 0 aliphatic heterocycles. The number of rotatable bonds is 7. The van der Waals surface area contributed by atoms with Crippen LogP contribution >= 0.6 is 0 Å². The number of nitrogens with one attached hydrogen (secondary N) is 1. The Kier molecular flexibility index (Phi) is 5.37. The van der Waals surface area contributed by atoms with Crippen molar-refractivity contribution in [2.45, 2.75) is 13.5 Å². The summed E-state index contributed by atoms with van der Waals surface area (Å²) < 4.78 is 53.0. The number of sulfone groups is 1. The molecule has 7 nitrogen and oxygen atoms in total. The molecule has 0 unspecified atom stereocenters. The monoisotopic (exact) mass is 322 g/mol. The Balaban J connectivity index is 2.99. The molecule has 0 bridgehead atoms. The zero-order chi connectivity index (χ0) is 15.4. The molecule has 0 saturated carbocycles. The summed E-state index contributed by atoms with van der Waals surface area (Å²) >= 11 is 0. The Bertz CT molecular complexity index is 668. The summed E-state index contributed by atoms with van der Waals surface area (Å²) in [6.45, 7) is 2.46. The molecule has 0 spiro atoms. The Morgan fingerprint density at radius 2 is 1.90 bits per heavy atom. The predicted molar refractivity (Wildman–Crippen MR) is 77.8 cm³/mol. The highest BCUT2D eigenvalue weighted by Gasteiger charge is 2.18. The molecule has 0 aliphatic carbocycles. The van der Waals surface area contributed by atoms with Crippen LogP contribution in [-0.4, -0.2) is 34.8 Å². The third-order valence-corrected chi connectivity index (χ3v) is 5.72. The van der Waals surface area contributed by atoms with Crippen LogP contribution in [0.2, 0.25) is 0 Å². The van der Waals surface area contributed by atoms with E-state index in [0.717, 1.165) is 6.26 Å². The van der Waals surface area contributed by atoms with Crippen molar-refractivity contribution in [2.75, 3.05) is 22.7 Å². The van der Waals surface area contributed by atoms with Gasteiger partial charge in [-0.2, -0.15) is 0 Å². The number of benzene rings is 1. The van der Waals surface area contributed by atoms with Gasteiger partial charge in [0.2, 0.25) is 10.0 Å². The third-order valence-electron chi connectivity index (χ3n) is 2.22. The molecule has 1 aromatic carbocycles. The normalized spacial score (nSPS) is 12.2. The third kappa shape index (κ3) is 5.35. The summed E-state index contributed by atoms with van der Waals surface area (Å²) in [4.78, 5) is 0. The topological polar surface area (TPSA) is 116 Å². The van der Waals surface area contributed by atoms with Gasteiger partial charge >= 0.3 is 0 Å². The van der Waals surface area contributed by atoms with Gasteiger partial charge in [0, 0.05) is 24.1 Å². The summed E-state index contributed by atoms with van der Waals surface area (Å²) in [7, 11) is -7.60. The van der Waals surface area contributed by atoms with Gasteiger partial charge in [0.25, 0.3) is 0 Å². The van der Waals surface area contributed by atoms with Crippen LogP contribution in [0.3, 0.4) is 0 Å². The number of anilines is 1. The highest BCUT2D eigenvalue weighted by molar-refractivity contribution is 8.08. The fourth-order valence-corrected chi connectivity index (χ4v) is 4.57. The molecule has 0 aromatic heterocycles. The first-order valence-electron chi connectivity index (χ1n) is 5.81. The Hall–Kier alpha value is -1.32. The molecule has 0 heterocycles. The van der Waals surface area contributed by atoms with Crippen LogP contribution in [0.25, 0.3) is 0 Å². The van der Waals surface area contributed by atoms with E-state index in [9.17, 15) is 16.8 Å². The smallest absolute Gasteiger partial charge is 0.247 e. The summed E-state index contributed by atoms with van der Waals surface area (Å²) in [5, 5.41) is -0.967. The standard InChI is InChI=1S/C11H18N2O5S2/c1-3-18-11-5-4-10(6-9(11)7-12)13-20(16,17)8-19(2,14)15/h4-6,13H,3,7-8,12H2,1-2H3. The van der Waals surface area contributed by atoms with E-state index in [-0.39, 0.29) is 12.2 Å². The van der Waals surface area contributed by atoms with Crippen molar-refractivity contribution < 1.29 is 21.6 Å². The summed E-state index contributed by atoms with van der Waals surface area (Å²) in [6, 6.07) is 4.60. The van der Waals surface area contributed by atoms with Gasteiger partial charge in [0.15, 0.2) is 14.9 Å². The van der Waals surface area contributed by atoms with E-state index >= 15 is 0 Å². The maximum atomic E-state index is 11.7. The van der Waals surface area contributed by atoms with Crippen LogP contribution in [0.15, 0.2) is 18.2 Å². The zero-order valence-corrected chi connectivity index (χ0v) is 12.9. The lowest BCUT2D eigenvalue weighted by atomic mass is 10.2. The predicted octanol–water partition coefficient (Wildman–Crippen LogP) is 0.288. The van der Waals surface area contributed by atoms with Gasteiger partial charge in [-0.1, -0.05) is 0 Å². The van der Waals surface area contributed by atoms with Crippen molar-refractivity contribution in [1.82, 2.24) is 0 Å². The molecule has 9 heteroatoms. The maximum Gasteiger partial charge on any atom is 0.247 e. The summed E-state index contributed by atoms with van der Waals surface area (Å²) in [5.74, 6) is 0.570. The van der Waals surface area contributed by atoms with E-state index in [1.807, 2.05) is 6.92 Å². The van der Waals surface area contributed by atoms with Gasteiger partial charge in [-0.3, -0.25) is 4.72 Å². The van der Waals surface area contributed by atoms with Crippen LogP contribution in [0.1, 0.15) is 12.5 Å². The van der Waals surface area contributed by atoms with Gasteiger partial charge in [0.1, 0.15) is 5.75 Å². The molecule has 0 atom stereocenters. The highest BCUT2D eigenvalue weighted by Crippen LogP contribution is 2.23. The molecule has 0 radical (unpaired) electrons. The minimum atomic E-state index is -3.96. The first-order chi connectivity index (χ1) is 9.17. The Labute approximate surface area is 119 Å². The first-order valence-corrected chi connectivity index (χ1v) is 9.52. The molecule has 1 aromatic rings. The minimum absolute atomic E-state index is 0.178.